The summed E-state index contributed by atoms with van der Waals surface area (Å²) in [5, 5.41) is 9.49. The minimum absolute atomic E-state index is 0.114. The van der Waals surface area contributed by atoms with Crippen LogP contribution in [0.5, 0.6) is 0 Å². The van der Waals surface area contributed by atoms with Crippen LogP contribution < -0.4 is 20.9 Å². The number of carbonyl (C=O) groups is 1. The number of rotatable bonds is 7. The van der Waals surface area contributed by atoms with Gasteiger partial charge in [-0.2, -0.15) is 0 Å². The van der Waals surface area contributed by atoms with Gasteiger partial charge in [0.15, 0.2) is 5.96 Å². The highest BCUT2D eigenvalue weighted by molar-refractivity contribution is 5.80. The second-order valence-corrected chi connectivity index (χ2v) is 7.88. The molecule has 0 bridgehead atoms. The molecule has 3 N–H and O–H groups in total. The van der Waals surface area contributed by atoms with E-state index >= 15 is 0 Å². The van der Waals surface area contributed by atoms with Crippen molar-refractivity contribution in [3.63, 3.8) is 0 Å². The Labute approximate surface area is 171 Å². The largest absolute Gasteiger partial charge is 0.367 e. The first-order valence-electron chi connectivity index (χ1n) is 10.5. The van der Waals surface area contributed by atoms with E-state index in [0.29, 0.717) is 50.2 Å². The summed E-state index contributed by atoms with van der Waals surface area (Å²) in [4.78, 5) is 18.1. The zero-order valence-corrected chi connectivity index (χ0v) is 17.0. The van der Waals surface area contributed by atoms with Crippen LogP contribution in [0.4, 0.5) is 14.5 Å². The molecule has 1 atom stereocenters. The van der Waals surface area contributed by atoms with Gasteiger partial charge < -0.3 is 20.9 Å². The fourth-order valence-electron chi connectivity index (χ4n) is 4.15. The first-order valence-corrected chi connectivity index (χ1v) is 10.5. The van der Waals surface area contributed by atoms with Crippen molar-refractivity contribution in [1.29, 1.82) is 0 Å². The molecule has 8 heteroatoms. The number of hydrogen-bond acceptors (Lipinski definition) is 3. The average molecular weight is 408 g/mol. The van der Waals surface area contributed by atoms with Gasteiger partial charge in [0, 0.05) is 51.8 Å². The lowest BCUT2D eigenvalue weighted by Crippen LogP contribution is -2.46. The highest BCUT2D eigenvalue weighted by Gasteiger charge is 2.25. The predicted octanol–water partition coefficient (Wildman–Crippen LogP) is 2.41. The molecule has 1 aromatic carbocycles. The van der Waals surface area contributed by atoms with E-state index < -0.39 is 11.6 Å². The van der Waals surface area contributed by atoms with Crippen LogP contribution in [-0.4, -0.2) is 51.1 Å². The van der Waals surface area contributed by atoms with Crippen molar-refractivity contribution >= 4 is 17.6 Å². The molecule has 2 aliphatic rings. The van der Waals surface area contributed by atoms with Gasteiger partial charge in [-0.05, 0) is 37.3 Å². The Hall–Kier alpha value is -2.38. The Morgan fingerprint density at radius 1 is 1.17 bits per heavy atom. The van der Waals surface area contributed by atoms with Crippen LogP contribution in [0.15, 0.2) is 23.2 Å². The van der Waals surface area contributed by atoms with Crippen molar-refractivity contribution in [2.45, 2.75) is 44.6 Å². The van der Waals surface area contributed by atoms with Crippen molar-refractivity contribution in [3.8, 4) is 0 Å². The maximum atomic E-state index is 14.0. The number of aliphatic imine (C=N–C) groups is 1. The van der Waals surface area contributed by atoms with Gasteiger partial charge in [-0.3, -0.25) is 9.79 Å². The molecule has 1 saturated heterocycles. The molecule has 1 aromatic rings. The molecule has 0 aromatic heterocycles. The van der Waals surface area contributed by atoms with Gasteiger partial charge in [-0.25, -0.2) is 8.78 Å². The van der Waals surface area contributed by atoms with Gasteiger partial charge in [0.2, 0.25) is 5.91 Å². The van der Waals surface area contributed by atoms with Gasteiger partial charge in [-0.15, -0.1) is 0 Å². The first-order chi connectivity index (χ1) is 14.0. The number of hydrogen-bond donors (Lipinski definition) is 3. The summed E-state index contributed by atoms with van der Waals surface area (Å²) in [5.74, 6) is 0.214. The number of carbonyl (C=O) groups excluding carboxylic acids is 1. The first kappa shape index (κ1) is 21.3. The monoisotopic (exact) mass is 407 g/mol. The van der Waals surface area contributed by atoms with E-state index in [1.807, 2.05) is 4.90 Å². The fraction of sp³-hybridized carbons (Fsp3) is 0.619. The van der Waals surface area contributed by atoms with Crippen LogP contribution >= 0.6 is 0 Å². The lowest BCUT2D eigenvalue weighted by molar-refractivity contribution is -0.121. The number of benzene rings is 1. The number of nitrogens with zero attached hydrogens (tertiary/aromatic N) is 2. The molecule has 160 valence electrons. The van der Waals surface area contributed by atoms with Crippen molar-refractivity contribution in [2.75, 3.05) is 38.1 Å². The molecule has 2 fully saturated rings. The Morgan fingerprint density at radius 3 is 2.66 bits per heavy atom. The molecule has 1 saturated carbocycles. The smallest absolute Gasteiger partial charge is 0.220 e. The summed E-state index contributed by atoms with van der Waals surface area (Å²) < 4.78 is 27.1. The lowest BCUT2D eigenvalue weighted by atomic mass is 10.0. The van der Waals surface area contributed by atoms with Gasteiger partial charge in [0.05, 0.1) is 5.69 Å². The fourth-order valence-corrected chi connectivity index (χ4v) is 4.15. The number of guanidine groups is 1. The molecule has 1 aliphatic heterocycles. The third kappa shape index (κ3) is 6.30. The highest BCUT2D eigenvalue weighted by Crippen LogP contribution is 2.27. The van der Waals surface area contributed by atoms with Crippen molar-refractivity contribution in [3.05, 3.63) is 29.8 Å². The second-order valence-electron chi connectivity index (χ2n) is 7.88. The highest BCUT2D eigenvalue weighted by atomic mass is 19.1. The van der Waals surface area contributed by atoms with Gasteiger partial charge >= 0.3 is 0 Å². The predicted molar refractivity (Wildman–Crippen MR) is 111 cm³/mol. The van der Waals surface area contributed by atoms with Gasteiger partial charge in [0.1, 0.15) is 11.6 Å². The summed E-state index contributed by atoms with van der Waals surface area (Å²) in [7, 11) is 1.69. The third-order valence-corrected chi connectivity index (χ3v) is 5.69. The zero-order chi connectivity index (χ0) is 20.6. The van der Waals surface area contributed by atoms with Gasteiger partial charge in [0.25, 0.3) is 0 Å². The molecule has 0 radical (unpaired) electrons. The number of amides is 1. The van der Waals surface area contributed by atoms with E-state index in [9.17, 15) is 13.6 Å². The van der Waals surface area contributed by atoms with E-state index in [1.54, 1.807) is 7.05 Å². The summed E-state index contributed by atoms with van der Waals surface area (Å²) >= 11 is 0. The molecule has 1 amide bonds. The average Bonchev–Trinajstić information content (AvgIpc) is 3.36. The van der Waals surface area contributed by atoms with Crippen LogP contribution in [0.25, 0.3) is 0 Å². The third-order valence-electron chi connectivity index (χ3n) is 5.69. The minimum atomic E-state index is -0.569. The molecule has 3 rings (SSSR count). The molecule has 1 unspecified atom stereocenters. The Bertz CT molecular complexity index is 721. The second kappa shape index (κ2) is 10.4. The van der Waals surface area contributed by atoms with Crippen LogP contribution in [0.3, 0.4) is 0 Å². The van der Waals surface area contributed by atoms with E-state index in [1.165, 1.54) is 37.8 Å². The van der Waals surface area contributed by atoms with Crippen LogP contribution in [-0.2, 0) is 4.79 Å². The quantitative estimate of drug-likeness (QED) is 0.369. The minimum Gasteiger partial charge on any atom is -0.367 e. The van der Waals surface area contributed by atoms with Crippen LogP contribution in [0.2, 0.25) is 0 Å². The Kier molecular flexibility index (Phi) is 7.66. The van der Waals surface area contributed by atoms with Gasteiger partial charge in [-0.1, -0.05) is 12.8 Å². The maximum absolute atomic E-state index is 14.0. The summed E-state index contributed by atoms with van der Waals surface area (Å²) in [6, 6.07) is 3.79. The maximum Gasteiger partial charge on any atom is 0.220 e. The van der Waals surface area contributed by atoms with E-state index in [4.69, 9.17) is 0 Å². The molecule has 29 heavy (non-hydrogen) atoms. The molecular formula is C21H31F2N5O. The van der Waals surface area contributed by atoms with Crippen LogP contribution in [0.1, 0.15) is 38.5 Å². The number of halogens is 2. The Balaban J connectivity index is 1.36. The standard InChI is InChI=1S/C21H31F2N5O/c1-24-21(26-10-9-25-20(29)12-15-4-2-3-5-15)27-17-8-11-28(14-17)19-7-6-16(22)13-18(19)23/h6-7,13,15,17H,2-5,8-12,14H2,1H3,(H,25,29)(H2,24,26,27). The SMILES string of the molecule is CN=C(NCCNC(=O)CC1CCCC1)NC1CCN(c2ccc(F)cc2F)C1. The normalized spacial score (nSPS) is 20.2. The zero-order valence-electron chi connectivity index (χ0n) is 17.0. The van der Waals surface area contributed by atoms with E-state index in [0.717, 1.165) is 12.5 Å². The number of anilines is 1. The van der Waals surface area contributed by atoms with Crippen LogP contribution in [0, 0.1) is 17.6 Å². The molecule has 1 aliphatic carbocycles. The van der Waals surface area contributed by atoms with Crippen molar-refractivity contribution < 1.29 is 13.6 Å². The summed E-state index contributed by atoms with van der Waals surface area (Å²) in [6.45, 7) is 2.43. The topological polar surface area (TPSA) is 68.8 Å². The molecular weight excluding hydrogens is 376 g/mol. The molecule has 0 spiro atoms. The number of nitrogens with one attached hydrogen (secondary N) is 3. The van der Waals surface area contributed by atoms with Crippen molar-refractivity contribution in [2.24, 2.45) is 10.9 Å². The summed E-state index contributed by atoms with van der Waals surface area (Å²) in [6.07, 6.45) is 6.28. The van der Waals surface area contributed by atoms with E-state index in [-0.39, 0.29) is 11.9 Å². The Morgan fingerprint density at radius 2 is 1.93 bits per heavy atom. The summed E-state index contributed by atoms with van der Waals surface area (Å²) in [5.41, 5.74) is 0.420. The van der Waals surface area contributed by atoms with E-state index in [2.05, 4.69) is 20.9 Å². The lowest BCUT2D eigenvalue weighted by Gasteiger charge is -2.21. The molecule has 6 nitrogen and oxygen atoms in total. The van der Waals surface area contributed by atoms with Crippen molar-refractivity contribution in [1.82, 2.24) is 16.0 Å². The molecule has 1 heterocycles.